The second kappa shape index (κ2) is 3.71. The lowest BCUT2D eigenvalue weighted by Crippen LogP contribution is -2.12. The first-order chi connectivity index (χ1) is 6.75. The van der Waals surface area contributed by atoms with Crippen LogP contribution in [-0.4, -0.2) is 21.6 Å². The summed E-state index contributed by atoms with van der Waals surface area (Å²) in [7, 11) is 0. The fourth-order valence-electron chi connectivity index (χ4n) is 1.14. The summed E-state index contributed by atoms with van der Waals surface area (Å²) in [5.41, 5.74) is 7.21. The molecule has 5 heteroatoms. The van der Waals surface area contributed by atoms with Crippen LogP contribution in [0, 0.1) is 5.41 Å². The Kier molecular flexibility index (Phi) is 2.41. The number of aromatic amines is 1. The number of H-pyrrole nitrogens is 1. The normalized spacial score (nSPS) is 10.6. The van der Waals surface area contributed by atoms with Crippen LogP contribution in [0.25, 0.3) is 11.0 Å². The summed E-state index contributed by atoms with van der Waals surface area (Å²) in [6, 6.07) is 7.83. The van der Waals surface area contributed by atoms with Crippen LogP contribution in [0.4, 0.5) is 0 Å². The predicted octanol–water partition coefficient (Wildman–Crippen LogP) is 1.59. The second-order valence-corrected chi connectivity index (χ2v) is 3.84. The first-order valence-electron chi connectivity index (χ1n) is 4.16. The van der Waals surface area contributed by atoms with Crippen LogP contribution in [0.3, 0.4) is 0 Å². The van der Waals surface area contributed by atoms with E-state index >= 15 is 0 Å². The van der Waals surface area contributed by atoms with Crippen LogP contribution in [0.15, 0.2) is 29.4 Å². The summed E-state index contributed by atoms with van der Waals surface area (Å²) < 4.78 is 0. The van der Waals surface area contributed by atoms with E-state index in [0.717, 1.165) is 16.2 Å². The minimum Gasteiger partial charge on any atom is -0.387 e. The smallest absolute Gasteiger partial charge is 0.166 e. The lowest BCUT2D eigenvalue weighted by atomic mass is 10.3. The summed E-state index contributed by atoms with van der Waals surface area (Å²) in [5.74, 6) is 0.635. The summed E-state index contributed by atoms with van der Waals surface area (Å²) >= 11 is 1.44. The van der Waals surface area contributed by atoms with Gasteiger partial charge in [0, 0.05) is 0 Å². The lowest BCUT2D eigenvalue weighted by Gasteiger charge is -1.93. The first-order valence-corrected chi connectivity index (χ1v) is 5.15. The van der Waals surface area contributed by atoms with Gasteiger partial charge < -0.3 is 10.7 Å². The zero-order chi connectivity index (χ0) is 9.97. The Morgan fingerprint density at radius 1 is 1.50 bits per heavy atom. The third-order valence-electron chi connectivity index (χ3n) is 1.73. The number of thioether (sulfide) groups is 1. The van der Waals surface area contributed by atoms with Crippen LogP contribution in [0.2, 0.25) is 0 Å². The molecule has 1 heterocycles. The van der Waals surface area contributed by atoms with Crippen LogP contribution in [-0.2, 0) is 0 Å². The summed E-state index contributed by atoms with van der Waals surface area (Å²) in [5, 5.41) is 7.90. The molecule has 1 aromatic carbocycles. The minimum atomic E-state index is 0.162. The molecule has 0 atom stereocenters. The quantitative estimate of drug-likeness (QED) is 0.405. The molecule has 2 rings (SSSR count). The zero-order valence-electron chi connectivity index (χ0n) is 7.45. The molecular formula is C9H10N4S. The van der Waals surface area contributed by atoms with Crippen molar-refractivity contribution in [2.75, 3.05) is 5.75 Å². The average molecular weight is 206 g/mol. The number of fused-ring (bicyclic) bond motifs is 1. The van der Waals surface area contributed by atoms with E-state index in [0.29, 0.717) is 5.75 Å². The molecule has 0 aliphatic heterocycles. The van der Waals surface area contributed by atoms with Crippen molar-refractivity contribution in [3.8, 4) is 0 Å². The molecule has 0 unspecified atom stereocenters. The van der Waals surface area contributed by atoms with Gasteiger partial charge in [-0.15, -0.1) is 0 Å². The van der Waals surface area contributed by atoms with Crippen LogP contribution < -0.4 is 5.73 Å². The van der Waals surface area contributed by atoms with Gasteiger partial charge in [0.2, 0.25) is 0 Å². The van der Waals surface area contributed by atoms with Gasteiger partial charge in [0.25, 0.3) is 0 Å². The molecule has 4 N–H and O–H groups in total. The highest BCUT2D eigenvalue weighted by Crippen LogP contribution is 2.18. The number of imidazole rings is 1. The fraction of sp³-hybridized carbons (Fsp3) is 0.111. The Morgan fingerprint density at radius 2 is 2.29 bits per heavy atom. The van der Waals surface area contributed by atoms with Gasteiger partial charge in [-0.05, 0) is 12.1 Å². The lowest BCUT2D eigenvalue weighted by molar-refractivity contribution is 1.08. The number of nitrogens with one attached hydrogen (secondary N) is 2. The van der Waals surface area contributed by atoms with E-state index in [4.69, 9.17) is 11.1 Å². The molecule has 72 valence electrons. The number of rotatable bonds is 3. The van der Waals surface area contributed by atoms with Crippen molar-refractivity contribution in [3.05, 3.63) is 24.3 Å². The Labute approximate surface area is 85.4 Å². The van der Waals surface area contributed by atoms with Gasteiger partial charge in [0.05, 0.1) is 16.8 Å². The van der Waals surface area contributed by atoms with Crippen molar-refractivity contribution in [1.29, 1.82) is 5.41 Å². The Morgan fingerprint density at radius 3 is 3.00 bits per heavy atom. The standard InChI is InChI=1S/C9H10N4S/c10-8(11)5-14-9-12-6-3-1-2-4-7(6)13-9/h1-4H,5H2,(H3,10,11)(H,12,13). The Balaban J connectivity index is 2.22. The third-order valence-corrected chi connectivity index (χ3v) is 2.65. The zero-order valence-corrected chi connectivity index (χ0v) is 8.27. The van der Waals surface area contributed by atoms with E-state index in [1.54, 1.807) is 0 Å². The van der Waals surface area contributed by atoms with Crippen LogP contribution in [0.1, 0.15) is 0 Å². The van der Waals surface area contributed by atoms with Crippen molar-refractivity contribution in [1.82, 2.24) is 9.97 Å². The molecule has 1 aromatic heterocycles. The average Bonchev–Trinajstić information content (AvgIpc) is 2.57. The molecular weight excluding hydrogens is 196 g/mol. The van der Waals surface area contributed by atoms with Crippen molar-refractivity contribution in [2.45, 2.75) is 5.16 Å². The Hall–Kier alpha value is -1.49. The van der Waals surface area contributed by atoms with Crippen LogP contribution in [0.5, 0.6) is 0 Å². The number of para-hydroxylation sites is 2. The van der Waals surface area contributed by atoms with Gasteiger partial charge in [0.15, 0.2) is 5.16 Å². The third kappa shape index (κ3) is 1.88. The summed E-state index contributed by atoms with van der Waals surface area (Å²) in [6.45, 7) is 0. The largest absolute Gasteiger partial charge is 0.387 e. The van der Waals surface area contributed by atoms with Gasteiger partial charge in [0.1, 0.15) is 5.84 Å². The molecule has 14 heavy (non-hydrogen) atoms. The number of benzene rings is 1. The van der Waals surface area contributed by atoms with Gasteiger partial charge in [-0.3, -0.25) is 5.41 Å². The number of nitrogens with two attached hydrogens (primary N) is 1. The highest BCUT2D eigenvalue weighted by atomic mass is 32.2. The monoisotopic (exact) mass is 206 g/mol. The topological polar surface area (TPSA) is 78.6 Å². The first kappa shape index (κ1) is 9.08. The summed E-state index contributed by atoms with van der Waals surface area (Å²) in [6.07, 6.45) is 0. The minimum absolute atomic E-state index is 0.162. The number of aromatic nitrogens is 2. The maximum Gasteiger partial charge on any atom is 0.166 e. The molecule has 0 saturated heterocycles. The van der Waals surface area contributed by atoms with E-state index in [1.807, 2.05) is 24.3 Å². The number of amidine groups is 1. The maximum atomic E-state index is 7.09. The molecule has 2 aromatic rings. The summed E-state index contributed by atoms with van der Waals surface area (Å²) in [4.78, 5) is 7.49. The second-order valence-electron chi connectivity index (χ2n) is 2.87. The predicted molar refractivity (Wildman–Crippen MR) is 58.7 cm³/mol. The molecule has 0 radical (unpaired) electrons. The van der Waals surface area contributed by atoms with E-state index in [1.165, 1.54) is 11.8 Å². The Bertz CT molecular complexity index is 430. The van der Waals surface area contributed by atoms with Gasteiger partial charge in [-0.2, -0.15) is 0 Å². The molecule has 0 aliphatic rings. The maximum absolute atomic E-state index is 7.09. The SMILES string of the molecule is N=C(N)CSc1nc2ccccc2[nH]1. The van der Waals surface area contributed by atoms with Crippen molar-refractivity contribution in [3.63, 3.8) is 0 Å². The molecule has 0 aliphatic carbocycles. The highest BCUT2D eigenvalue weighted by Gasteiger charge is 2.02. The fourth-order valence-corrected chi connectivity index (χ4v) is 1.78. The molecule has 0 fully saturated rings. The van der Waals surface area contributed by atoms with Crippen molar-refractivity contribution in [2.24, 2.45) is 5.73 Å². The van der Waals surface area contributed by atoms with Gasteiger partial charge >= 0.3 is 0 Å². The van der Waals surface area contributed by atoms with Crippen molar-refractivity contribution < 1.29 is 0 Å². The van der Waals surface area contributed by atoms with E-state index in [2.05, 4.69) is 9.97 Å². The molecule has 0 amide bonds. The van der Waals surface area contributed by atoms with E-state index in [-0.39, 0.29) is 5.84 Å². The van der Waals surface area contributed by atoms with Gasteiger partial charge in [-0.1, -0.05) is 23.9 Å². The van der Waals surface area contributed by atoms with E-state index < -0.39 is 0 Å². The van der Waals surface area contributed by atoms with Crippen molar-refractivity contribution >= 4 is 28.6 Å². The van der Waals surface area contributed by atoms with Crippen LogP contribution >= 0.6 is 11.8 Å². The number of hydrogen-bond donors (Lipinski definition) is 3. The molecule has 0 bridgehead atoms. The van der Waals surface area contributed by atoms with E-state index in [9.17, 15) is 0 Å². The molecule has 0 saturated carbocycles. The molecule has 4 nitrogen and oxygen atoms in total. The van der Waals surface area contributed by atoms with Gasteiger partial charge in [-0.25, -0.2) is 4.98 Å². The molecule has 0 spiro atoms. The number of nitrogens with zero attached hydrogens (tertiary/aromatic N) is 1. The number of hydrogen-bond acceptors (Lipinski definition) is 3. The highest BCUT2D eigenvalue weighted by molar-refractivity contribution is 7.99.